The predicted octanol–water partition coefficient (Wildman–Crippen LogP) is 0.585. The molecule has 0 saturated heterocycles. The van der Waals surface area contributed by atoms with Crippen LogP contribution in [0.3, 0.4) is 0 Å². The van der Waals surface area contributed by atoms with Gasteiger partial charge in [0.05, 0.1) is 0 Å². The Morgan fingerprint density at radius 1 is 1.40 bits per heavy atom. The number of hydrogen-bond acceptors (Lipinski definition) is 1. The van der Waals surface area contributed by atoms with Gasteiger partial charge in [0, 0.05) is 17.1 Å². The van der Waals surface area contributed by atoms with Crippen LogP contribution in [0.5, 0.6) is 0 Å². The second-order valence-electron chi connectivity index (χ2n) is 0.283. The molecule has 0 atom stereocenters. The first-order valence-electron chi connectivity index (χ1n) is 0.651. The molecule has 0 fully saturated rings. The fourth-order valence-corrected chi connectivity index (χ4v) is 0. The van der Waals surface area contributed by atoms with E-state index in [2.05, 4.69) is 25.3 Å². The molecule has 1 nitrogen and oxygen atoms in total. The molecule has 0 saturated carbocycles. The summed E-state index contributed by atoms with van der Waals surface area (Å²) in [6.07, 6.45) is 0. The molecule has 0 aliphatic heterocycles. The molecule has 2 radical (unpaired) electrons. The molecule has 0 amide bonds. The maximum absolute atomic E-state index is 9.17. The Balaban J connectivity index is 0. The molecule has 0 aliphatic carbocycles. The Morgan fingerprint density at radius 2 is 1.40 bits per heavy atom. The Hall–Kier alpha value is 0.889. The van der Waals surface area contributed by atoms with Gasteiger partial charge in [-0.1, -0.05) is 25.3 Å². The maximum Gasteiger partial charge on any atom is 0.239 e. The van der Waals surface area contributed by atoms with Crippen molar-refractivity contribution in [3.05, 3.63) is 0 Å². The summed E-state index contributed by atoms with van der Waals surface area (Å²) >= 11 is 6.38. The third-order valence-electron chi connectivity index (χ3n) is 0. The molecule has 0 N–H and O–H groups in total. The van der Waals surface area contributed by atoms with Gasteiger partial charge >= 0.3 is 0 Å². The molecule has 0 unspecified atom stereocenters. The molecule has 0 spiro atoms. The number of carbonyl (C=O) groups is 1. The minimum atomic E-state index is -0.444. The van der Waals surface area contributed by atoms with Crippen molar-refractivity contribution in [1.82, 2.24) is 0 Å². The van der Waals surface area contributed by atoms with E-state index < -0.39 is 4.45 Å². The van der Waals surface area contributed by atoms with E-state index in [4.69, 9.17) is 0 Å². The zero-order valence-electron chi connectivity index (χ0n) is 2.21. The van der Waals surface area contributed by atoms with Crippen LogP contribution in [-0.2, 0) is 0 Å². The largest absolute Gasteiger partial charge is 0.275 e. The van der Waals surface area contributed by atoms with Crippen LogP contribution in [-0.4, -0.2) is 21.5 Å². The molecule has 0 aromatic heterocycles. The summed E-state index contributed by atoms with van der Waals surface area (Å²) in [6, 6.07) is 0. The van der Waals surface area contributed by atoms with Crippen molar-refractivity contribution in [2.24, 2.45) is 0 Å². The fraction of sp³-hybridized carbons (Fsp3) is 0. The molecule has 4 heteroatoms. The van der Waals surface area contributed by atoms with Gasteiger partial charge in [-0.15, -0.1) is 0 Å². The minimum absolute atomic E-state index is 0. The van der Waals surface area contributed by atoms with Crippen molar-refractivity contribution in [2.75, 3.05) is 0 Å². The molecule has 0 heterocycles. The molecule has 0 rings (SSSR count). The Labute approximate surface area is 51.8 Å². The van der Waals surface area contributed by atoms with Gasteiger partial charge < -0.3 is 0 Å². The van der Waals surface area contributed by atoms with Gasteiger partial charge in [-0.25, -0.2) is 0 Å². The number of carbonyl (C=O) groups excluding carboxylic acids is 1. The first kappa shape index (κ1) is 9.31. The zero-order chi connectivity index (χ0) is 3.58. The van der Waals surface area contributed by atoms with E-state index in [9.17, 15) is 4.79 Å². The van der Waals surface area contributed by atoms with Gasteiger partial charge in [-0.05, 0) is 0 Å². The summed E-state index contributed by atoms with van der Waals surface area (Å²) in [4.78, 5) is 9.17. The van der Waals surface area contributed by atoms with E-state index in [1.165, 1.54) is 0 Å². The van der Waals surface area contributed by atoms with Crippen molar-refractivity contribution >= 4 is 46.8 Å². The molecule has 0 aromatic rings. The summed E-state index contributed by atoms with van der Waals surface area (Å²) in [5.41, 5.74) is 0. The Bertz CT molecular complexity index is 32.6. The Kier molecular flexibility index (Phi) is 9.10. The molecule has 0 aliphatic rings. The normalized spacial score (nSPS) is 5.20. The van der Waals surface area contributed by atoms with Gasteiger partial charge in [-0.2, -0.15) is 0 Å². The summed E-state index contributed by atoms with van der Waals surface area (Å²) < 4.78 is -0.444. The Morgan fingerprint density at radius 3 is 1.40 bits per heavy atom. The topological polar surface area (TPSA) is 17.1 Å². The first-order valence-corrected chi connectivity index (χ1v) is 1.55. The second kappa shape index (κ2) is 4.89. The zero-order valence-corrected chi connectivity index (χ0v) is 5.71. The van der Waals surface area contributed by atoms with Crippen molar-refractivity contribution in [3.63, 3.8) is 0 Å². The van der Waals surface area contributed by atoms with Crippen LogP contribution in [0.15, 0.2) is 0 Å². The van der Waals surface area contributed by atoms with Crippen molar-refractivity contribution in [2.45, 2.75) is 0 Å². The maximum atomic E-state index is 9.17. The van der Waals surface area contributed by atoms with E-state index in [-0.39, 0.29) is 17.1 Å². The first-order chi connectivity index (χ1) is 1.73. The van der Waals surface area contributed by atoms with E-state index in [1.54, 1.807) is 0 Å². The fourth-order valence-electron chi connectivity index (χ4n) is 0. The van der Waals surface area contributed by atoms with E-state index in [1.807, 2.05) is 0 Å². The van der Waals surface area contributed by atoms with Crippen molar-refractivity contribution in [3.8, 4) is 0 Å². The summed E-state index contributed by atoms with van der Waals surface area (Å²) in [7, 11) is 0. The van der Waals surface area contributed by atoms with E-state index in [0.29, 0.717) is 0 Å². The molecule has 0 bridgehead atoms. The van der Waals surface area contributed by atoms with Crippen LogP contribution in [0, 0.1) is 0 Å². The van der Waals surface area contributed by atoms with Crippen molar-refractivity contribution < 1.29 is 4.79 Å². The third-order valence-corrected chi connectivity index (χ3v) is 0. The van der Waals surface area contributed by atoms with Crippen LogP contribution in [0.2, 0.25) is 0 Å². The average molecular weight is 173 g/mol. The van der Waals surface area contributed by atoms with Gasteiger partial charge in [0.25, 0.3) is 0 Å². The molecular formula is CH2OS2Se. The van der Waals surface area contributed by atoms with Gasteiger partial charge in [0.15, 0.2) is 0 Å². The molecule has 30 valence electrons. The summed E-state index contributed by atoms with van der Waals surface area (Å²) in [6.45, 7) is 0. The molecular weight excluding hydrogens is 171 g/mol. The van der Waals surface area contributed by atoms with Gasteiger partial charge in [-0.3, -0.25) is 4.79 Å². The minimum Gasteiger partial charge on any atom is -0.275 e. The molecule has 0 aromatic carbocycles. The standard InChI is InChI=1S/CH2OS2.Se/c2-1(3)4;/h(H2,2,3,4);. The average Bonchev–Trinajstić information content (AvgIpc) is 0.811. The van der Waals surface area contributed by atoms with Crippen LogP contribution < -0.4 is 0 Å². The van der Waals surface area contributed by atoms with Crippen LogP contribution in [0.1, 0.15) is 0 Å². The van der Waals surface area contributed by atoms with Gasteiger partial charge in [0.2, 0.25) is 4.45 Å². The van der Waals surface area contributed by atoms with E-state index in [0.717, 1.165) is 0 Å². The molecule has 5 heavy (non-hydrogen) atoms. The van der Waals surface area contributed by atoms with Crippen molar-refractivity contribution in [1.29, 1.82) is 0 Å². The van der Waals surface area contributed by atoms with Crippen LogP contribution in [0.25, 0.3) is 0 Å². The second-order valence-corrected chi connectivity index (χ2v) is 1.45. The smallest absolute Gasteiger partial charge is 0.239 e. The quantitative estimate of drug-likeness (QED) is 0.405. The number of hydrogen-bond donors (Lipinski definition) is 2. The monoisotopic (exact) mass is 174 g/mol. The van der Waals surface area contributed by atoms with Gasteiger partial charge in [0.1, 0.15) is 0 Å². The summed E-state index contributed by atoms with van der Waals surface area (Å²) in [5, 5.41) is 0. The predicted molar refractivity (Wildman–Crippen MR) is 29.1 cm³/mol. The van der Waals surface area contributed by atoms with Crippen LogP contribution >= 0.6 is 25.3 Å². The third kappa shape index (κ3) is 51.6. The van der Waals surface area contributed by atoms with Crippen LogP contribution in [0.4, 0.5) is 4.79 Å². The number of thiol groups is 2. The summed E-state index contributed by atoms with van der Waals surface area (Å²) in [5.74, 6) is 0. The van der Waals surface area contributed by atoms with E-state index >= 15 is 0 Å². The SMILES string of the molecule is O=C(S)S.[Se]. The number of rotatable bonds is 0.